The van der Waals surface area contributed by atoms with E-state index in [1.807, 2.05) is 6.07 Å². The number of hydrogen-bond acceptors (Lipinski definition) is 2. The largest absolute Gasteiger partial charge is 0.323 e. The van der Waals surface area contributed by atoms with Gasteiger partial charge in [-0.05, 0) is 37.0 Å². The molecule has 1 saturated carbocycles. The first-order valence-electron chi connectivity index (χ1n) is 5.42. The summed E-state index contributed by atoms with van der Waals surface area (Å²) in [4.78, 5) is 0. The van der Waals surface area contributed by atoms with E-state index >= 15 is 0 Å². The maximum atomic E-state index is 13.0. The van der Waals surface area contributed by atoms with Crippen LogP contribution in [0.3, 0.4) is 0 Å². The molecule has 2 rings (SSSR count). The standard InChI is InChI=1S/C12H17FN2/c1-8-6-9(2-5-11(8)13)12(14)7-15-10-3-4-10/h2,5-6,10,12,15H,3-4,7,14H2,1H3. The Kier molecular flexibility index (Phi) is 3.03. The van der Waals surface area contributed by atoms with Gasteiger partial charge in [0.25, 0.3) is 0 Å². The minimum Gasteiger partial charge on any atom is -0.323 e. The van der Waals surface area contributed by atoms with Crippen molar-refractivity contribution in [2.75, 3.05) is 6.54 Å². The van der Waals surface area contributed by atoms with Crippen LogP contribution in [0.4, 0.5) is 4.39 Å². The number of hydrogen-bond donors (Lipinski definition) is 2. The molecule has 3 heteroatoms. The average Bonchev–Trinajstić information content (AvgIpc) is 3.02. The van der Waals surface area contributed by atoms with Crippen molar-refractivity contribution < 1.29 is 4.39 Å². The molecule has 0 radical (unpaired) electrons. The maximum Gasteiger partial charge on any atom is 0.126 e. The molecule has 1 aliphatic rings. The third kappa shape index (κ3) is 2.76. The second-order valence-corrected chi connectivity index (χ2v) is 4.30. The lowest BCUT2D eigenvalue weighted by molar-refractivity contribution is 0.588. The van der Waals surface area contributed by atoms with Crippen molar-refractivity contribution >= 4 is 0 Å². The SMILES string of the molecule is Cc1cc(C(N)CNC2CC2)ccc1F. The van der Waals surface area contributed by atoms with Crippen molar-refractivity contribution in [3.63, 3.8) is 0 Å². The van der Waals surface area contributed by atoms with Crippen LogP contribution in [0.15, 0.2) is 18.2 Å². The highest BCUT2D eigenvalue weighted by atomic mass is 19.1. The van der Waals surface area contributed by atoms with Crippen molar-refractivity contribution in [3.05, 3.63) is 35.1 Å². The van der Waals surface area contributed by atoms with E-state index in [4.69, 9.17) is 5.73 Å². The molecule has 3 N–H and O–H groups in total. The highest BCUT2D eigenvalue weighted by molar-refractivity contribution is 5.26. The molecule has 1 aromatic carbocycles. The Morgan fingerprint density at radius 1 is 1.53 bits per heavy atom. The topological polar surface area (TPSA) is 38.0 Å². The van der Waals surface area contributed by atoms with Gasteiger partial charge in [-0.15, -0.1) is 0 Å². The fourth-order valence-corrected chi connectivity index (χ4v) is 1.60. The molecule has 1 atom stereocenters. The first-order valence-corrected chi connectivity index (χ1v) is 5.42. The van der Waals surface area contributed by atoms with Gasteiger partial charge in [0.15, 0.2) is 0 Å². The minimum atomic E-state index is -0.166. The maximum absolute atomic E-state index is 13.0. The van der Waals surface area contributed by atoms with Crippen LogP contribution >= 0.6 is 0 Å². The van der Waals surface area contributed by atoms with Gasteiger partial charge >= 0.3 is 0 Å². The number of aryl methyl sites for hydroxylation is 1. The second-order valence-electron chi connectivity index (χ2n) is 4.30. The third-order valence-electron chi connectivity index (χ3n) is 2.81. The molecule has 0 aliphatic heterocycles. The van der Waals surface area contributed by atoms with Crippen LogP contribution in [0.5, 0.6) is 0 Å². The highest BCUT2D eigenvalue weighted by Crippen LogP contribution is 2.20. The third-order valence-corrected chi connectivity index (χ3v) is 2.81. The molecule has 0 aromatic heterocycles. The Morgan fingerprint density at radius 2 is 2.27 bits per heavy atom. The van der Waals surface area contributed by atoms with Crippen LogP contribution in [-0.4, -0.2) is 12.6 Å². The van der Waals surface area contributed by atoms with Crippen LogP contribution in [0.2, 0.25) is 0 Å². The Balaban J connectivity index is 1.97. The van der Waals surface area contributed by atoms with E-state index in [9.17, 15) is 4.39 Å². The molecule has 1 aromatic rings. The van der Waals surface area contributed by atoms with Gasteiger partial charge in [0, 0.05) is 18.6 Å². The lowest BCUT2D eigenvalue weighted by atomic mass is 10.0. The van der Waals surface area contributed by atoms with E-state index in [2.05, 4.69) is 5.32 Å². The first-order chi connectivity index (χ1) is 7.16. The monoisotopic (exact) mass is 208 g/mol. The van der Waals surface area contributed by atoms with Crippen molar-refractivity contribution in [3.8, 4) is 0 Å². The summed E-state index contributed by atoms with van der Waals surface area (Å²) in [5.41, 5.74) is 7.67. The normalized spacial score (nSPS) is 17.8. The van der Waals surface area contributed by atoms with E-state index in [1.165, 1.54) is 18.9 Å². The van der Waals surface area contributed by atoms with E-state index in [-0.39, 0.29) is 11.9 Å². The van der Waals surface area contributed by atoms with Crippen LogP contribution in [0.1, 0.15) is 30.0 Å². The van der Waals surface area contributed by atoms with Gasteiger partial charge in [0.1, 0.15) is 5.82 Å². The number of nitrogens with one attached hydrogen (secondary N) is 1. The molecule has 0 bridgehead atoms. The molecule has 1 fully saturated rings. The number of rotatable bonds is 4. The summed E-state index contributed by atoms with van der Waals surface area (Å²) in [6.07, 6.45) is 2.52. The van der Waals surface area contributed by atoms with Crippen LogP contribution < -0.4 is 11.1 Å². The zero-order valence-electron chi connectivity index (χ0n) is 8.96. The quantitative estimate of drug-likeness (QED) is 0.793. The van der Waals surface area contributed by atoms with Gasteiger partial charge in [-0.25, -0.2) is 4.39 Å². The van der Waals surface area contributed by atoms with Crippen molar-refractivity contribution in [2.24, 2.45) is 5.73 Å². The summed E-state index contributed by atoms with van der Waals surface area (Å²) in [7, 11) is 0. The van der Waals surface area contributed by atoms with Crippen LogP contribution in [0, 0.1) is 12.7 Å². The average molecular weight is 208 g/mol. The Hall–Kier alpha value is -0.930. The predicted molar refractivity (Wildman–Crippen MR) is 59.1 cm³/mol. The van der Waals surface area contributed by atoms with Gasteiger partial charge in [-0.1, -0.05) is 12.1 Å². The summed E-state index contributed by atoms with van der Waals surface area (Å²) in [6, 6.07) is 5.71. The molecular weight excluding hydrogens is 191 g/mol. The van der Waals surface area contributed by atoms with Crippen molar-refractivity contribution in [1.82, 2.24) is 5.32 Å². The zero-order valence-corrected chi connectivity index (χ0v) is 8.96. The lowest BCUT2D eigenvalue weighted by Crippen LogP contribution is -2.28. The molecule has 82 valence electrons. The molecule has 1 aliphatic carbocycles. The molecule has 2 nitrogen and oxygen atoms in total. The Labute approximate surface area is 89.7 Å². The van der Waals surface area contributed by atoms with E-state index < -0.39 is 0 Å². The van der Waals surface area contributed by atoms with E-state index in [1.54, 1.807) is 13.0 Å². The van der Waals surface area contributed by atoms with E-state index in [0.717, 1.165) is 12.1 Å². The van der Waals surface area contributed by atoms with Gasteiger partial charge in [-0.3, -0.25) is 0 Å². The van der Waals surface area contributed by atoms with Crippen LogP contribution in [-0.2, 0) is 0 Å². The number of benzene rings is 1. The fourth-order valence-electron chi connectivity index (χ4n) is 1.60. The Morgan fingerprint density at radius 3 is 2.87 bits per heavy atom. The van der Waals surface area contributed by atoms with Gasteiger partial charge in [0.05, 0.1) is 0 Å². The summed E-state index contributed by atoms with van der Waals surface area (Å²) in [6.45, 7) is 2.54. The molecule has 0 spiro atoms. The molecule has 15 heavy (non-hydrogen) atoms. The summed E-state index contributed by atoms with van der Waals surface area (Å²) in [5.74, 6) is -0.166. The zero-order chi connectivity index (χ0) is 10.8. The lowest BCUT2D eigenvalue weighted by Gasteiger charge is -2.13. The van der Waals surface area contributed by atoms with E-state index in [0.29, 0.717) is 11.6 Å². The fraction of sp³-hybridized carbons (Fsp3) is 0.500. The minimum absolute atomic E-state index is 0.0371. The molecule has 0 amide bonds. The number of halogens is 1. The summed E-state index contributed by atoms with van der Waals surface area (Å²) >= 11 is 0. The van der Waals surface area contributed by atoms with Crippen molar-refractivity contribution in [1.29, 1.82) is 0 Å². The molecule has 1 unspecified atom stereocenters. The second kappa shape index (κ2) is 4.29. The van der Waals surface area contributed by atoms with Gasteiger partial charge < -0.3 is 11.1 Å². The smallest absolute Gasteiger partial charge is 0.126 e. The predicted octanol–water partition coefficient (Wildman–Crippen LogP) is 1.89. The highest BCUT2D eigenvalue weighted by Gasteiger charge is 2.21. The molecule has 0 heterocycles. The van der Waals surface area contributed by atoms with Crippen LogP contribution in [0.25, 0.3) is 0 Å². The molecule has 0 saturated heterocycles. The van der Waals surface area contributed by atoms with Gasteiger partial charge in [0.2, 0.25) is 0 Å². The Bertz CT molecular complexity index is 347. The molecular formula is C12H17FN2. The first kappa shape index (κ1) is 10.6. The van der Waals surface area contributed by atoms with Crippen molar-refractivity contribution in [2.45, 2.75) is 31.8 Å². The van der Waals surface area contributed by atoms with Gasteiger partial charge in [-0.2, -0.15) is 0 Å². The summed E-state index contributed by atoms with van der Waals surface area (Å²) < 4.78 is 13.0. The summed E-state index contributed by atoms with van der Waals surface area (Å²) in [5, 5.41) is 3.37. The number of nitrogens with two attached hydrogens (primary N) is 1.